The SMILES string of the molecule is COC(=O)c1ccc(CNc2ccc(Cl)c(C#N)c2)o1. The van der Waals surface area contributed by atoms with Gasteiger partial charge in [-0.25, -0.2) is 4.79 Å². The van der Waals surface area contributed by atoms with Crippen LogP contribution in [0.15, 0.2) is 34.7 Å². The summed E-state index contributed by atoms with van der Waals surface area (Å²) in [6, 6.07) is 10.3. The van der Waals surface area contributed by atoms with E-state index in [-0.39, 0.29) is 5.76 Å². The van der Waals surface area contributed by atoms with Gasteiger partial charge in [-0.15, -0.1) is 0 Å². The number of hydrogen-bond acceptors (Lipinski definition) is 5. The van der Waals surface area contributed by atoms with Gasteiger partial charge in [-0.2, -0.15) is 5.26 Å². The summed E-state index contributed by atoms with van der Waals surface area (Å²) in [6.07, 6.45) is 0. The summed E-state index contributed by atoms with van der Waals surface area (Å²) < 4.78 is 9.86. The number of hydrogen-bond donors (Lipinski definition) is 1. The second kappa shape index (κ2) is 6.13. The number of nitriles is 1. The van der Waals surface area contributed by atoms with Gasteiger partial charge in [-0.1, -0.05) is 11.6 Å². The van der Waals surface area contributed by atoms with Crippen LogP contribution in [0.3, 0.4) is 0 Å². The number of furan rings is 1. The van der Waals surface area contributed by atoms with Crippen molar-refractivity contribution < 1.29 is 13.9 Å². The van der Waals surface area contributed by atoms with Crippen molar-refractivity contribution in [2.75, 3.05) is 12.4 Å². The second-order valence-corrected chi connectivity index (χ2v) is 4.32. The molecule has 0 spiro atoms. The highest BCUT2D eigenvalue weighted by atomic mass is 35.5. The molecule has 0 unspecified atom stereocenters. The molecule has 102 valence electrons. The lowest BCUT2D eigenvalue weighted by Crippen LogP contribution is -2.00. The molecule has 1 aromatic heterocycles. The van der Waals surface area contributed by atoms with E-state index in [1.165, 1.54) is 7.11 Å². The molecule has 5 nitrogen and oxygen atoms in total. The Morgan fingerprint density at radius 2 is 2.25 bits per heavy atom. The van der Waals surface area contributed by atoms with Gasteiger partial charge in [0.2, 0.25) is 5.76 Å². The predicted molar refractivity (Wildman–Crippen MR) is 73.5 cm³/mol. The number of ether oxygens (including phenoxy) is 1. The van der Waals surface area contributed by atoms with Crippen LogP contribution in [0.5, 0.6) is 0 Å². The quantitative estimate of drug-likeness (QED) is 0.875. The summed E-state index contributed by atoms with van der Waals surface area (Å²) in [5.41, 5.74) is 1.13. The number of methoxy groups -OCH3 is 1. The molecule has 0 aliphatic carbocycles. The molecular formula is C14H11ClN2O3. The number of nitrogens with zero attached hydrogens (tertiary/aromatic N) is 1. The smallest absolute Gasteiger partial charge is 0.373 e. The number of carbonyl (C=O) groups is 1. The highest BCUT2D eigenvalue weighted by molar-refractivity contribution is 6.31. The molecule has 1 aromatic carbocycles. The van der Waals surface area contributed by atoms with E-state index in [0.717, 1.165) is 5.69 Å². The minimum Gasteiger partial charge on any atom is -0.463 e. The van der Waals surface area contributed by atoms with E-state index in [9.17, 15) is 4.79 Å². The summed E-state index contributed by atoms with van der Waals surface area (Å²) in [7, 11) is 1.29. The Hall–Kier alpha value is -2.45. The van der Waals surface area contributed by atoms with Gasteiger partial charge < -0.3 is 14.5 Å². The van der Waals surface area contributed by atoms with Crippen LogP contribution in [0, 0.1) is 11.3 Å². The Balaban J connectivity index is 2.04. The maximum Gasteiger partial charge on any atom is 0.373 e. The summed E-state index contributed by atoms with van der Waals surface area (Å²) in [5, 5.41) is 12.4. The van der Waals surface area contributed by atoms with Gasteiger partial charge in [0.05, 0.1) is 24.2 Å². The summed E-state index contributed by atoms with van der Waals surface area (Å²) in [5.74, 6) is 0.214. The topological polar surface area (TPSA) is 75.3 Å². The van der Waals surface area contributed by atoms with Crippen molar-refractivity contribution >= 4 is 23.3 Å². The largest absolute Gasteiger partial charge is 0.463 e. The number of halogens is 1. The standard InChI is InChI=1S/C14H11ClN2O3/c1-19-14(18)13-5-3-11(20-13)8-17-10-2-4-12(15)9(6-10)7-16/h2-6,17H,8H2,1H3. The van der Waals surface area contributed by atoms with Crippen LogP contribution in [-0.2, 0) is 11.3 Å². The van der Waals surface area contributed by atoms with Crippen LogP contribution in [0.4, 0.5) is 5.69 Å². The second-order valence-electron chi connectivity index (χ2n) is 3.92. The predicted octanol–water partition coefficient (Wildman–Crippen LogP) is 3.20. The number of benzene rings is 1. The van der Waals surface area contributed by atoms with E-state index >= 15 is 0 Å². The minimum absolute atomic E-state index is 0.151. The van der Waals surface area contributed by atoms with Crippen LogP contribution >= 0.6 is 11.6 Å². The van der Waals surface area contributed by atoms with Crippen LogP contribution in [-0.4, -0.2) is 13.1 Å². The average Bonchev–Trinajstić information content (AvgIpc) is 2.94. The highest BCUT2D eigenvalue weighted by Gasteiger charge is 2.10. The third kappa shape index (κ3) is 3.11. The van der Waals surface area contributed by atoms with E-state index < -0.39 is 5.97 Å². The fourth-order valence-electron chi connectivity index (χ4n) is 1.59. The molecule has 2 aromatic rings. The van der Waals surface area contributed by atoms with Gasteiger partial charge in [0.15, 0.2) is 0 Å². The van der Waals surface area contributed by atoms with Crippen molar-refractivity contribution in [2.24, 2.45) is 0 Å². The number of esters is 1. The maximum absolute atomic E-state index is 11.2. The van der Waals surface area contributed by atoms with E-state index in [2.05, 4.69) is 10.1 Å². The van der Waals surface area contributed by atoms with Crippen molar-refractivity contribution in [2.45, 2.75) is 6.54 Å². The lowest BCUT2D eigenvalue weighted by molar-refractivity contribution is 0.0563. The third-order valence-electron chi connectivity index (χ3n) is 2.60. The zero-order chi connectivity index (χ0) is 14.5. The lowest BCUT2D eigenvalue weighted by Gasteiger charge is -2.05. The molecule has 1 N–H and O–H groups in total. The number of nitrogens with one attached hydrogen (secondary N) is 1. The van der Waals surface area contributed by atoms with E-state index in [1.54, 1.807) is 30.3 Å². The first-order valence-electron chi connectivity index (χ1n) is 5.74. The van der Waals surface area contributed by atoms with Crippen molar-refractivity contribution in [3.8, 4) is 6.07 Å². The number of rotatable bonds is 4. The zero-order valence-corrected chi connectivity index (χ0v) is 11.4. The molecule has 1 heterocycles. The molecule has 0 amide bonds. The van der Waals surface area contributed by atoms with Gasteiger partial charge in [-0.05, 0) is 30.3 Å². The molecule has 0 aliphatic rings. The average molecular weight is 291 g/mol. The molecular weight excluding hydrogens is 280 g/mol. The van der Waals surface area contributed by atoms with Crippen molar-refractivity contribution in [3.63, 3.8) is 0 Å². The summed E-state index contributed by atoms with van der Waals surface area (Å²) in [6.45, 7) is 0.378. The van der Waals surface area contributed by atoms with Crippen molar-refractivity contribution in [3.05, 3.63) is 52.4 Å². The van der Waals surface area contributed by atoms with E-state index in [0.29, 0.717) is 22.9 Å². The molecule has 0 saturated heterocycles. The highest BCUT2D eigenvalue weighted by Crippen LogP contribution is 2.20. The van der Waals surface area contributed by atoms with Gasteiger partial charge in [0.25, 0.3) is 0 Å². The van der Waals surface area contributed by atoms with Gasteiger partial charge in [-0.3, -0.25) is 0 Å². The molecule has 6 heteroatoms. The van der Waals surface area contributed by atoms with Gasteiger partial charge in [0, 0.05) is 5.69 Å². The van der Waals surface area contributed by atoms with Crippen LogP contribution in [0.2, 0.25) is 5.02 Å². The Morgan fingerprint density at radius 1 is 1.45 bits per heavy atom. The van der Waals surface area contributed by atoms with Crippen molar-refractivity contribution in [1.29, 1.82) is 5.26 Å². The lowest BCUT2D eigenvalue weighted by atomic mass is 10.2. The Bertz CT molecular complexity index is 673. The number of anilines is 1. The molecule has 0 atom stereocenters. The molecule has 0 fully saturated rings. The monoisotopic (exact) mass is 290 g/mol. The first kappa shape index (κ1) is 14.0. The summed E-state index contributed by atoms with van der Waals surface area (Å²) in [4.78, 5) is 11.2. The van der Waals surface area contributed by atoms with Crippen LogP contribution in [0.1, 0.15) is 21.9 Å². The van der Waals surface area contributed by atoms with Crippen LogP contribution in [0.25, 0.3) is 0 Å². The molecule has 0 aliphatic heterocycles. The first-order valence-corrected chi connectivity index (χ1v) is 6.12. The molecule has 20 heavy (non-hydrogen) atoms. The maximum atomic E-state index is 11.2. The van der Waals surface area contributed by atoms with Crippen molar-refractivity contribution in [1.82, 2.24) is 0 Å². The number of carbonyl (C=O) groups excluding carboxylic acids is 1. The van der Waals surface area contributed by atoms with E-state index in [1.807, 2.05) is 6.07 Å². The zero-order valence-electron chi connectivity index (χ0n) is 10.6. The molecule has 0 radical (unpaired) electrons. The Morgan fingerprint density at radius 3 is 2.95 bits per heavy atom. The molecule has 0 bridgehead atoms. The molecule has 2 rings (SSSR count). The van der Waals surface area contributed by atoms with Gasteiger partial charge >= 0.3 is 5.97 Å². The first-order chi connectivity index (χ1) is 9.63. The Labute approximate surface area is 120 Å². The van der Waals surface area contributed by atoms with Crippen LogP contribution < -0.4 is 5.32 Å². The fraction of sp³-hybridized carbons (Fsp3) is 0.143. The van der Waals surface area contributed by atoms with E-state index in [4.69, 9.17) is 21.3 Å². The normalized spacial score (nSPS) is 9.85. The summed E-state index contributed by atoms with van der Waals surface area (Å²) >= 11 is 5.85. The third-order valence-corrected chi connectivity index (χ3v) is 2.93. The minimum atomic E-state index is -0.519. The Kier molecular flexibility index (Phi) is 4.28. The molecule has 0 saturated carbocycles. The van der Waals surface area contributed by atoms with Gasteiger partial charge in [0.1, 0.15) is 11.8 Å². The fourth-order valence-corrected chi connectivity index (χ4v) is 1.75.